The van der Waals surface area contributed by atoms with Crippen molar-refractivity contribution < 1.29 is 40.6 Å². The molecule has 5 rings (SSSR count). The summed E-state index contributed by atoms with van der Waals surface area (Å²) in [5, 5.41) is 20.9. The number of anilines is 2. The molecule has 4 aromatic carbocycles. The van der Waals surface area contributed by atoms with Crippen LogP contribution in [-0.2, 0) is 25.0 Å². The van der Waals surface area contributed by atoms with Crippen molar-refractivity contribution in [1.82, 2.24) is 0 Å². The van der Waals surface area contributed by atoms with Crippen LogP contribution in [0.25, 0.3) is 10.8 Å². The zero-order chi connectivity index (χ0) is 33.2. The summed E-state index contributed by atoms with van der Waals surface area (Å²) in [6.45, 7) is 1.49. The van der Waals surface area contributed by atoms with Gasteiger partial charge in [0, 0.05) is 88.7 Å². The first-order valence-electron chi connectivity index (χ1n) is 14.2. The normalized spacial score (nSPS) is 13.8. The Bertz CT molecular complexity index is 2070. The van der Waals surface area contributed by atoms with E-state index in [1.165, 1.54) is 31.2 Å². The van der Waals surface area contributed by atoms with Gasteiger partial charge >= 0.3 is 0 Å². The molecule has 4 aromatic rings. The number of phenolic OH excluding ortho intramolecular Hbond substituents is 1. The van der Waals surface area contributed by atoms with Gasteiger partial charge in [0.1, 0.15) is 15.5 Å². The summed E-state index contributed by atoms with van der Waals surface area (Å²) in [6.07, 6.45) is 4.93. The third kappa shape index (κ3) is 8.90. The zero-order valence-electron chi connectivity index (χ0n) is 26.5. The van der Waals surface area contributed by atoms with Gasteiger partial charge < -0.3 is 15.3 Å². The van der Waals surface area contributed by atoms with E-state index in [-0.39, 0.29) is 93.4 Å². The summed E-state index contributed by atoms with van der Waals surface area (Å²) < 4.78 is 69.1. The summed E-state index contributed by atoms with van der Waals surface area (Å²) in [5.41, 5.74) is 0.152. The summed E-state index contributed by atoms with van der Waals surface area (Å²) in [7, 11) is -10.1. The van der Waals surface area contributed by atoms with Gasteiger partial charge in [-0.25, -0.2) is 0 Å². The van der Waals surface area contributed by atoms with Gasteiger partial charge in [-0.15, -0.1) is 5.11 Å². The molecule has 0 saturated heterocycles. The van der Waals surface area contributed by atoms with Crippen molar-refractivity contribution in [3.05, 3.63) is 78.4 Å². The average Bonchev–Trinajstić information content (AvgIpc) is 3.01. The molecule has 2 radical (unpaired) electrons. The number of phenols is 1. The van der Waals surface area contributed by atoms with Crippen molar-refractivity contribution in [2.45, 2.75) is 54.9 Å². The standard InChI is InChI=1S/C31H30N4O9S2.2Na/c1-19(36)35(22-10-6-3-7-11-22)23-14-12-21(13-15-23)33-34-29-27(46(42,43)44)18-24-26(45(39,40)41)17-16-25(28(24)30(29)37)32-31(38)20-8-4-2-5-9-20;;/h2,4-5,8-9,12-18,22,37H,3,6-7,10-11H2,1H3,(H,32,38)(H,39,40,41)(H,42,43,44);;. The van der Waals surface area contributed by atoms with Crippen LogP contribution < -0.4 is 10.2 Å². The quantitative estimate of drug-likeness (QED) is 0.101. The van der Waals surface area contributed by atoms with Gasteiger partial charge in [-0.2, -0.15) is 21.9 Å². The maximum atomic E-state index is 12.9. The zero-order valence-corrected chi connectivity index (χ0v) is 32.1. The van der Waals surface area contributed by atoms with Crippen LogP contribution in [0.3, 0.4) is 0 Å². The fourth-order valence-corrected chi connectivity index (χ4v) is 6.94. The van der Waals surface area contributed by atoms with Gasteiger partial charge in [-0.05, 0) is 67.4 Å². The second kappa shape index (κ2) is 16.3. The number of hydrogen-bond acceptors (Lipinski definition) is 9. The minimum atomic E-state index is -5.15. The molecule has 0 unspecified atom stereocenters. The smallest absolute Gasteiger partial charge is 0.296 e. The summed E-state index contributed by atoms with van der Waals surface area (Å²) in [5.74, 6) is -1.70. The fourth-order valence-electron chi connectivity index (χ4n) is 5.62. The van der Waals surface area contributed by atoms with Crippen LogP contribution in [-0.4, -0.2) is 108 Å². The molecule has 2 amide bonds. The molecule has 0 bridgehead atoms. The Labute approximate surface area is 321 Å². The Morgan fingerprint density at radius 2 is 1.42 bits per heavy atom. The maximum Gasteiger partial charge on any atom is 0.296 e. The van der Waals surface area contributed by atoms with Crippen LogP contribution >= 0.6 is 0 Å². The molecule has 0 aromatic heterocycles. The van der Waals surface area contributed by atoms with Crippen LogP contribution in [0.1, 0.15) is 49.4 Å². The van der Waals surface area contributed by atoms with Crippen LogP contribution in [0.2, 0.25) is 0 Å². The maximum absolute atomic E-state index is 12.9. The minimum absolute atomic E-state index is 0. The van der Waals surface area contributed by atoms with Crippen LogP contribution in [0.4, 0.5) is 22.7 Å². The number of hydrogen-bond donors (Lipinski definition) is 4. The van der Waals surface area contributed by atoms with Crippen molar-refractivity contribution in [2.75, 3.05) is 10.2 Å². The molecule has 13 nitrogen and oxygen atoms in total. The SMILES string of the molecule is CC(=O)N(c1ccc(N=Nc2c(S(=O)(=O)O)cc3c(S(=O)(=O)O)ccc(NC(=O)c4ccccc4)c3c2O)cc1)C1CCCCC1.[Na].[Na]. The molecular formula is C31H30N4Na2O9S2. The summed E-state index contributed by atoms with van der Waals surface area (Å²) >= 11 is 0. The van der Waals surface area contributed by atoms with E-state index >= 15 is 0 Å². The molecular weight excluding hydrogens is 682 g/mol. The Hall–Kier alpha value is -2.70. The van der Waals surface area contributed by atoms with Gasteiger partial charge in [0.2, 0.25) is 5.91 Å². The second-order valence-electron chi connectivity index (χ2n) is 10.8. The second-order valence-corrected chi connectivity index (χ2v) is 13.6. The number of fused-ring (bicyclic) bond motifs is 1. The third-order valence-electron chi connectivity index (χ3n) is 7.69. The van der Waals surface area contributed by atoms with Crippen LogP contribution in [0, 0.1) is 0 Å². The van der Waals surface area contributed by atoms with Gasteiger partial charge in [-0.1, -0.05) is 37.5 Å². The van der Waals surface area contributed by atoms with Crippen LogP contribution in [0.15, 0.2) is 92.8 Å². The van der Waals surface area contributed by atoms with Crippen molar-refractivity contribution in [2.24, 2.45) is 10.2 Å². The Balaban J connectivity index is 0.00000312. The predicted molar refractivity (Wildman–Crippen MR) is 182 cm³/mol. The van der Waals surface area contributed by atoms with E-state index in [1.54, 1.807) is 35.2 Å². The molecule has 0 heterocycles. The van der Waals surface area contributed by atoms with Crippen molar-refractivity contribution >= 4 is 125 Å². The van der Waals surface area contributed by atoms with Crippen molar-refractivity contribution in [3.8, 4) is 5.75 Å². The largest absolute Gasteiger partial charge is 0.505 e. The van der Waals surface area contributed by atoms with Gasteiger partial charge in [-0.3, -0.25) is 18.7 Å². The third-order valence-corrected chi connectivity index (χ3v) is 9.47. The monoisotopic (exact) mass is 712 g/mol. The van der Waals surface area contributed by atoms with E-state index in [4.69, 9.17) is 0 Å². The number of nitrogens with one attached hydrogen (secondary N) is 1. The number of carbonyl (C=O) groups is 2. The van der Waals surface area contributed by atoms with Gasteiger partial charge in [0.05, 0.1) is 16.8 Å². The summed E-state index contributed by atoms with van der Waals surface area (Å²) in [6, 6.07) is 17.1. The number of carbonyl (C=O) groups excluding carboxylic acids is 2. The number of nitrogens with zero attached hydrogens (tertiary/aromatic N) is 3. The van der Waals surface area contributed by atoms with Gasteiger partial charge in [0.15, 0.2) is 5.75 Å². The number of amides is 2. The number of benzene rings is 4. The van der Waals surface area contributed by atoms with Crippen LogP contribution in [0.5, 0.6) is 5.75 Å². The van der Waals surface area contributed by atoms with E-state index in [0.717, 1.165) is 44.2 Å². The van der Waals surface area contributed by atoms with Crippen molar-refractivity contribution in [3.63, 3.8) is 0 Å². The van der Waals surface area contributed by atoms with E-state index in [0.29, 0.717) is 11.8 Å². The molecule has 1 aliphatic rings. The molecule has 0 aliphatic heterocycles. The average molecular weight is 713 g/mol. The van der Waals surface area contributed by atoms with Crippen molar-refractivity contribution in [1.29, 1.82) is 0 Å². The first-order valence-corrected chi connectivity index (χ1v) is 17.1. The van der Waals surface area contributed by atoms with E-state index in [9.17, 15) is 40.6 Å². The molecule has 0 spiro atoms. The summed E-state index contributed by atoms with van der Waals surface area (Å²) in [4.78, 5) is 25.3. The van der Waals surface area contributed by atoms with Gasteiger partial charge in [0.25, 0.3) is 26.1 Å². The molecule has 0 atom stereocenters. The molecule has 242 valence electrons. The first kappa shape index (κ1) is 39.7. The first-order chi connectivity index (χ1) is 21.8. The number of azo groups is 1. The number of aromatic hydroxyl groups is 1. The Morgan fingerprint density at radius 1 is 0.812 bits per heavy atom. The van der Waals surface area contributed by atoms with E-state index < -0.39 is 52.8 Å². The minimum Gasteiger partial charge on any atom is -0.505 e. The molecule has 1 aliphatic carbocycles. The Kier molecular flexibility index (Phi) is 13.5. The fraction of sp³-hybridized carbons (Fsp3) is 0.226. The van der Waals surface area contributed by atoms with E-state index in [1.807, 2.05) is 0 Å². The number of rotatable bonds is 8. The van der Waals surface area contributed by atoms with E-state index in [2.05, 4.69) is 15.5 Å². The molecule has 4 N–H and O–H groups in total. The predicted octanol–water partition coefficient (Wildman–Crippen LogP) is 5.63. The Morgan fingerprint density at radius 3 is 1.98 bits per heavy atom. The molecule has 1 fully saturated rings. The molecule has 1 saturated carbocycles. The topological polar surface area (TPSA) is 203 Å². The molecule has 48 heavy (non-hydrogen) atoms. The molecule has 17 heteroatoms.